The zero-order chi connectivity index (χ0) is 11.3. The van der Waals surface area contributed by atoms with Crippen molar-refractivity contribution in [1.82, 2.24) is 8.88 Å². The second kappa shape index (κ2) is 3.76. The Balaban J connectivity index is 2.88. The minimum atomic E-state index is -0.585. The smallest absolute Gasteiger partial charge is 0.0388 e. The lowest BCUT2D eigenvalue weighted by Crippen LogP contribution is -2.48. The fourth-order valence-electron chi connectivity index (χ4n) is 1.29. The molecule has 80 valence electrons. The van der Waals surface area contributed by atoms with Gasteiger partial charge >= 0.3 is 14.0 Å². The van der Waals surface area contributed by atoms with E-state index in [-0.39, 0.29) is 11.1 Å². The van der Waals surface area contributed by atoms with Crippen LogP contribution in [0.1, 0.15) is 41.5 Å². The lowest BCUT2D eigenvalue weighted by Gasteiger charge is -2.32. The lowest BCUT2D eigenvalue weighted by molar-refractivity contribution is 0.299. The van der Waals surface area contributed by atoms with Gasteiger partial charge in [0.05, 0.1) is 0 Å². The Labute approximate surface area is 99.1 Å². The van der Waals surface area contributed by atoms with E-state index in [4.69, 9.17) is 23.6 Å². The zero-order valence-electron chi connectivity index (χ0n) is 9.61. The quantitative estimate of drug-likeness (QED) is 0.617. The SMILES string of the molecule is CC(C)(C)N1[P+](=S)N(C(C)(C)C)[P+]1=S. The minimum absolute atomic E-state index is 0.128. The Morgan fingerprint density at radius 2 is 0.929 bits per heavy atom. The fraction of sp³-hybridized carbons (Fsp3) is 1.00. The summed E-state index contributed by atoms with van der Waals surface area (Å²) in [7, 11) is 0. The van der Waals surface area contributed by atoms with Crippen LogP contribution in [0.3, 0.4) is 0 Å². The Morgan fingerprint density at radius 1 is 0.714 bits per heavy atom. The number of rotatable bonds is 0. The first-order chi connectivity index (χ1) is 6.07. The molecule has 0 bridgehead atoms. The average molecular weight is 268 g/mol. The van der Waals surface area contributed by atoms with Gasteiger partial charge in [0.25, 0.3) is 0 Å². The van der Waals surface area contributed by atoms with Crippen LogP contribution >= 0.6 is 14.0 Å². The largest absolute Gasteiger partial charge is 0.455 e. The first kappa shape index (κ1) is 13.0. The molecule has 1 fully saturated rings. The van der Waals surface area contributed by atoms with Crippen molar-refractivity contribution in [3.63, 3.8) is 0 Å². The summed E-state index contributed by atoms with van der Waals surface area (Å²) in [5, 5.41) is 0. The molecule has 0 aromatic carbocycles. The van der Waals surface area contributed by atoms with Crippen LogP contribution in [-0.2, 0) is 23.6 Å². The highest BCUT2D eigenvalue weighted by molar-refractivity contribution is 8.19. The molecule has 1 aliphatic rings. The van der Waals surface area contributed by atoms with E-state index in [1.54, 1.807) is 0 Å². The summed E-state index contributed by atoms with van der Waals surface area (Å²) in [6, 6.07) is 0. The Kier molecular flexibility index (Phi) is 3.50. The van der Waals surface area contributed by atoms with Crippen molar-refractivity contribution in [3.8, 4) is 0 Å². The first-order valence-corrected chi connectivity index (χ1v) is 9.13. The van der Waals surface area contributed by atoms with Gasteiger partial charge in [0.1, 0.15) is 20.0 Å². The summed E-state index contributed by atoms with van der Waals surface area (Å²) in [4.78, 5) is 0. The van der Waals surface area contributed by atoms with Crippen molar-refractivity contribution in [1.29, 1.82) is 0 Å². The first-order valence-electron chi connectivity index (χ1n) is 4.61. The molecule has 0 radical (unpaired) electrons. The minimum Gasteiger partial charge on any atom is -0.0388 e. The van der Waals surface area contributed by atoms with Crippen LogP contribution < -0.4 is 0 Å². The van der Waals surface area contributed by atoms with Crippen LogP contribution in [0.2, 0.25) is 0 Å². The average Bonchev–Trinajstić information content (AvgIpc) is 1.78. The molecule has 0 aromatic rings. The van der Waals surface area contributed by atoms with Crippen LogP contribution in [0.5, 0.6) is 0 Å². The zero-order valence-corrected chi connectivity index (χ0v) is 13.0. The van der Waals surface area contributed by atoms with Gasteiger partial charge in [0, 0.05) is 0 Å². The van der Waals surface area contributed by atoms with E-state index >= 15 is 0 Å². The van der Waals surface area contributed by atoms with Gasteiger partial charge in [-0.2, -0.15) is 0 Å². The monoisotopic (exact) mass is 268 g/mol. The molecular formula is C8H18N2P2S2+2. The molecule has 0 saturated carbocycles. The molecule has 1 aliphatic heterocycles. The van der Waals surface area contributed by atoms with E-state index in [9.17, 15) is 0 Å². The summed E-state index contributed by atoms with van der Waals surface area (Å²) >= 11 is 11.1. The molecule has 2 nitrogen and oxygen atoms in total. The van der Waals surface area contributed by atoms with Crippen LogP contribution in [0.25, 0.3) is 0 Å². The highest BCUT2D eigenvalue weighted by atomic mass is 32.5. The molecule has 0 spiro atoms. The van der Waals surface area contributed by atoms with E-state index in [1.807, 2.05) is 0 Å². The van der Waals surface area contributed by atoms with Crippen molar-refractivity contribution >= 4 is 37.6 Å². The summed E-state index contributed by atoms with van der Waals surface area (Å²) in [5.41, 5.74) is 0.255. The normalized spacial score (nSPS) is 26.4. The number of hydrogen-bond acceptors (Lipinski definition) is 2. The van der Waals surface area contributed by atoms with Gasteiger partial charge in [-0.05, 0) is 41.5 Å². The van der Waals surface area contributed by atoms with E-state index < -0.39 is 14.0 Å². The topological polar surface area (TPSA) is 6.48 Å². The molecule has 1 saturated heterocycles. The van der Waals surface area contributed by atoms with Gasteiger partial charge in [0.2, 0.25) is 23.6 Å². The van der Waals surface area contributed by atoms with E-state index in [1.165, 1.54) is 0 Å². The third-order valence-electron chi connectivity index (χ3n) is 1.85. The Bertz CT molecular complexity index is 249. The van der Waals surface area contributed by atoms with E-state index in [0.717, 1.165) is 0 Å². The molecule has 0 N–H and O–H groups in total. The van der Waals surface area contributed by atoms with Gasteiger partial charge in [-0.3, -0.25) is 0 Å². The molecule has 0 amide bonds. The van der Waals surface area contributed by atoms with Crippen LogP contribution in [0.15, 0.2) is 0 Å². The van der Waals surface area contributed by atoms with Gasteiger partial charge in [-0.25, -0.2) is 0 Å². The summed E-state index contributed by atoms with van der Waals surface area (Å²) in [5.74, 6) is 0. The van der Waals surface area contributed by atoms with Crippen molar-refractivity contribution in [2.45, 2.75) is 52.6 Å². The maximum Gasteiger partial charge on any atom is 0.455 e. The van der Waals surface area contributed by atoms with Crippen molar-refractivity contribution in [2.24, 2.45) is 0 Å². The molecule has 0 unspecified atom stereocenters. The molecule has 1 heterocycles. The molecule has 0 atom stereocenters. The van der Waals surface area contributed by atoms with Gasteiger partial charge in [0.15, 0.2) is 0 Å². The summed E-state index contributed by atoms with van der Waals surface area (Å²) in [6.45, 7) is 12.0. The number of hydrogen-bond donors (Lipinski definition) is 0. The Hall–Kier alpha value is 0.960. The highest BCUT2D eigenvalue weighted by Crippen LogP contribution is 2.70. The van der Waals surface area contributed by atoms with Gasteiger partial charge < -0.3 is 0 Å². The van der Waals surface area contributed by atoms with Crippen molar-refractivity contribution < 1.29 is 0 Å². The van der Waals surface area contributed by atoms with E-state index in [0.29, 0.717) is 0 Å². The van der Waals surface area contributed by atoms with Crippen LogP contribution in [0.4, 0.5) is 0 Å². The van der Waals surface area contributed by atoms with Crippen molar-refractivity contribution in [2.75, 3.05) is 0 Å². The molecule has 6 heteroatoms. The lowest BCUT2D eigenvalue weighted by atomic mass is 10.1. The third-order valence-corrected chi connectivity index (χ3v) is 11.0. The molecule has 0 aliphatic carbocycles. The Morgan fingerprint density at radius 3 is 1.07 bits per heavy atom. The third kappa shape index (κ3) is 2.21. The fourth-order valence-corrected chi connectivity index (χ4v) is 11.4. The maximum atomic E-state index is 5.55. The molecule has 1 rings (SSSR count). The second-order valence-corrected chi connectivity index (χ2v) is 10.6. The molecule has 0 aromatic heterocycles. The molecule has 14 heavy (non-hydrogen) atoms. The predicted octanol–water partition coefficient (Wildman–Crippen LogP) is 3.75. The van der Waals surface area contributed by atoms with Crippen LogP contribution in [0, 0.1) is 0 Å². The standard InChI is InChI=1S/C8H18N2P2S2/c1-7(2,3)9-11(13)10(12(9)14)8(4,5)6/h1-6H3/q+2. The van der Waals surface area contributed by atoms with Gasteiger partial charge in [-0.1, -0.05) is 0 Å². The summed E-state index contributed by atoms with van der Waals surface area (Å²) in [6.07, 6.45) is 0. The number of nitrogens with zero attached hydrogens (tertiary/aromatic N) is 2. The second-order valence-electron chi connectivity index (χ2n) is 5.43. The molecular weight excluding hydrogens is 250 g/mol. The van der Waals surface area contributed by atoms with Crippen LogP contribution in [-0.4, -0.2) is 20.0 Å². The van der Waals surface area contributed by atoms with Crippen molar-refractivity contribution in [3.05, 3.63) is 0 Å². The summed E-state index contributed by atoms with van der Waals surface area (Å²) < 4.78 is 4.65. The predicted molar refractivity (Wildman–Crippen MR) is 71.8 cm³/mol. The van der Waals surface area contributed by atoms with Gasteiger partial charge in [-0.15, -0.1) is 0 Å². The highest BCUT2D eigenvalue weighted by Gasteiger charge is 2.72. The maximum absolute atomic E-state index is 5.55. The van der Waals surface area contributed by atoms with E-state index in [2.05, 4.69) is 50.4 Å².